The normalized spacial score (nSPS) is 10.9. The van der Waals surface area contributed by atoms with Crippen molar-refractivity contribution in [2.75, 3.05) is 0 Å². The number of aromatic hydroxyl groups is 2. The monoisotopic (exact) mass is 284 g/mol. The third kappa shape index (κ3) is 2.12. The van der Waals surface area contributed by atoms with Gasteiger partial charge in [0.15, 0.2) is 0 Å². The molecule has 3 aromatic rings. The van der Waals surface area contributed by atoms with E-state index < -0.39 is 0 Å². The van der Waals surface area contributed by atoms with E-state index in [0.717, 1.165) is 0 Å². The Labute approximate surface area is 120 Å². The molecule has 0 radical (unpaired) electrons. The Balaban J connectivity index is 2.32. The predicted molar refractivity (Wildman–Crippen MR) is 78.7 cm³/mol. The molecule has 5 heteroatoms. The highest BCUT2D eigenvalue weighted by Gasteiger charge is 2.17. The first-order valence-electron chi connectivity index (χ1n) is 6.40. The van der Waals surface area contributed by atoms with Gasteiger partial charge < -0.3 is 10.2 Å². The van der Waals surface area contributed by atoms with E-state index in [1.807, 2.05) is 0 Å². The molecular weight excluding hydrogens is 271 g/mol. The van der Waals surface area contributed by atoms with E-state index in [9.17, 15) is 14.6 Å². The van der Waals surface area contributed by atoms with Crippen molar-refractivity contribution < 1.29 is 14.6 Å². The first-order chi connectivity index (χ1) is 10.1. The zero-order chi connectivity index (χ0) is 15.0. The quantitative estimate of drug-likeness (QED) is 0.724. The molecule has 0 saturated heterocycles. The van der Waals surface area contributed by atoms with E-state index in [2.05, 4.69) is 11.7 Å². The molecule has 1 aromatic heterocycles. The van der Waals surface area contributed by atoms with Gasteiger partial charge in [0.05, 0.1) is 6.54 Å². The van der Waals surface area contributed by atoms with Crippen LogP contribution in [0, 0.1) is 5.82 Å². The highest BCUT2D eigenvalue weighted by Crippen LogP contribution is 2.36. The second-order valence-corrected chi connectivity index (χ2v) is 4.66. The summed E-state index contributed by atoms with van der Waals surface area (Å²) in [6.45, 7) is 4.00. The van der Waals surface area contributed by atoms with Crippen LogP contribution in [0.15, 0.2) is 49.1 Å². The number of hydrogen-bond acceptors (Lipinski definition) is 3. The standard InChI is InChI=1S/C16H13FN2O2/c1-2-8-19-16-12(4-3-5-13(16)17)15(18-19)11-7-6-10(20)9-14(11)21/h2-7,9,20-21H,1,8H2. The van der Waals surface area contributed by atoms with Gasteiger partial charge in [0, 0.05) is 17.0 Å². The number of rotatable bonds is 3. The lowest BCUT2D eigenvalue weighted by Crippen LogP contribution is -1.98. The summed E-state index contributed by atoms with van der Waals surface area (Å²) in [6.07, 6.45) is 1.62. The van der Waals surface area contributed by atoms with Crippen molar-refractivity contribution in [3.63, 3.8) is 0 Å². The van der Waals surface area contributed by atoms with Crippen molar-refractivity contribution in [2.24, 2.45) is 0 Å². The minimum absolute atomic E-state index is 0.0442. The number of fused-ring (bicyclic) bond motifs is 1. The molecule has 0 bridgehead atoms. The third-order valence-corrected chi connectivity index (χ3v) is 3.26. The van der Waals surface area contributed by atoms with Gasteiger partial charge >= 0.3 is 0 Å². The Morgan fingerprint density at radius 3 is 2.76 bits per heavy atom. The molecule has 0 spiro atoms. The number of para-hydroxylation sites is 1. The van der Waals surface area contributed by atoms with Crippen LogP contribution in [0.1, 0.15) is 0 Å². The number of allylic oxidation sites excluding steroid dienone is 1. The number of aromatic nitrogens is 2. The Bertz CT molecular complexity index is 840. The van der Waals surface area contributed by atoms with Crippen LogP contribution >= 0.6 is 0 Å². The molecule has 0 amide bonds. The molecule has 3 rings (SSSR count). The molecule has 0 aliphatic heterocycles. The van der Waals surface area contributed by atoms with Crippen LogP contribution in [0.2, 0.25) is 0 Å². The van der Waals surface area contributed by atoms with Crippen LogP contribution in [-0.4, -0.2) is 20.0 Å². The predicted octanol–water partition coefficient (Wildman–Crippen LogP) is 3.44. The van der Waals surface area contributed by atoms with Crippen molar-refractivity contribution in [1.29, 1.82) is 0 Å². The maximum Gasteiger partial charge on any atom is 0.149 e. The fourth-order valence-corrected chi connectivity index (χ4v) is 2.37. The van der Waals surface area contributed by atoms with E-state index in [0.29, 0.717) is 28.7 Å². The van der Waals surface area contributed by atoms with Gasteiger partial charge in [-0.3, -0.25) is 4.68 Å². The molecular formula is C16H13FN2O2. The smallest absolute Gasteiger partial charge is 0.149 e. The molecule has 106 valence electrons. The first-order valence-corrected chi connectivity index (χ1v) is 6.40. The van der Waals surface area contributed by atoms with Gasteiger partial charge in [-0.05, 0) is 18.2 Å². The van der Waals surface area contributed by atoms with Crippen LogP contribution in [0.4, 0.5) is 4.39 Å². The SMILES string of the molecule is C=CCn1nc(-c2ccc(O)cc2O)c2cccc(F)c21. The van der Waals surface area contributed by atoms with Crippen LogP contribution in [-0.2, 0) is 6.54 Å². The lowest BCUT2D eigenvalue weighted by atomic mass is 10.1. The number of phenols is 2. The summed E-state index contributed by atoms with van der Waals surface area (Å²) in [5.41, 5.74) is 1.26. The average Bonchev–Trinajstić information content (AvgIpc) is 2.79. The zero-order valence-corrected chi connectivity index (χ0v) is 11.1. The summed E-state index contributed by atoms with van der Waals surface area (Å²) < 4.78 is 15.6. The summed E-state index contributed by atoms with van der Waals surface area (Å²) in [6, 6.07) is 8.94. The molecule has 0 aliphatic rings. The fourth-order valence-electron chi connectivity index (χ4n) is 2.37. The molecule has 0 unspecified atom stereocenters. The Morgan fingerprint density at radius 2 is 2.05 bits per heavy atom. The van der Waals surface area contributed by atoms with Gasteiger partial charge in [0.25, 0.3) is 0 Å². The van der Waals surface area contributed by atoms with Crippen molar-refractivity contribution >= 4 is 10.9 Å². The zero-order valence-electron chi connectivity index (χ0n) is 11.1. The summed E-state index contributed by atoms with van der Waals surface area (Å²) in [4.78, 5) is 0. The summed E-state index contributed by atoms with van der Waals surface area (Å²) in [5, 5.41) is 24.3. The van der Waals surface area contributed by atoms with Gasteiger partial charge in [-0.1, -0.05) is 18.2 Å². The Kier molecular flexibility index (Phi) is 3.10. The number of benzene rings is 2. The van der Waals surface area contributed by atoms with E-state index in [1.54, 1.807) is 24.3 Å². The Morgan fingerprint density at radius 1 is 1.24 bits per heavy atom. The van der Waals surface area contributed by atoms with Crippen molar-refractivity contribution in [3.8, 4) is 22.8 Å². The fraction of sp³-hybridized carbons (Fsp3) is 0.0625. The van der Waals surface area contributed by atoms with Crippen LogP contribution in [0.25, 0.3) is 22.2 Å². The van der Waals surface area contributed by atoms with Gasteiger partial charge in [-0.15, -0.1) is 6.58 Å². The third-order valence-electron chi connectivity index (χ3n) is 3.26. The molecule has 4 nitrogen and oxygen atoms in total. The number of halogens is 1. The highest BCUT2D eigenvalue weighted by molar-refractivity contribution is 5.95. The molecule has 0 saturated carbocycles. The van der Waals surface area contributed by atoms with E-state index in [-0.39, 0.29) is 17.3 Å². The average molecular weight is 284 g/mol. The number of nitrogens with zero attached hydrogens (tertiary/aromatic N) is 2. The molecule has 1 heterocycles. The van der Waals surface area contributed by atoms with E-state index >= 15 is 0 Å². The second-order valence-electron chi connectivity index (χ2n) is 4.66. The maximum atomic E-state index is 14.1. The van der Waals surface area contributed by atoms with Crippen molar-refractivity contribution in [3.05, 3.63) is 54.9 Å². The lowest BCUT2D eigenvalue weighted by molar-refractivity contribution is 0.451. The molecule has 0 fully saturated rings. The van der Waals surface area contributed by atoms with Crippen LogP contribution in [0.3, 0.4) is 0 Å². The molecule has 2 N–H and O–H groups in total. The first kappa shape index (κ1) is 13.2. The van der Waals surface area contributed by atoms with Crippen molar-refractivity contribution in [1.82, 2.24) is 9.78 Å². The number of phenolic OH excluding ortho intramolecular Hbond substituents is 2. The van der Waals surface area contributed by atoms with E-state index in [1.165, 1.54) is 22.9 Å². The highest BCUT2D eigenvalue weighted by atomic mass is 19.1. The minimum Gasteiger partial charge on any atom is -0.508 e. The summed E-state index contributed by atoms with van der Waals surface area (Å²) in [7, 11) is 0. The van der Waals surface area contributed by atoms with Gasteiger partial charge in [-0.2, -0.15) is 5.10 Å². The largest absolute Gasteiger partial charge is 0.508 e. The summed E-state index contributed by atoms with van der Waals surface area (Å²) >= 11 is 0. The van der Waals surface area contributed by atoms with E-state index in [4.69, 9.17) is 0 Å². The molecule has 2 aromatic carbocycles. The second kappa shape index (κ2) is 4.94. The lowest BCUT2D eigenvalue weighted by Gasteiger charge is -2.02. The molecule has 0 atom stereocenters. The minimum atomic E-state index is -0.383. The van der Waals surface area contributed by atoms with Crippen molar-refractivity contribution in [2.45, 2.75) is 6.54 Å². The van der Waals surface area contributed by atoms with Gasteiger partial charge in [-0.25, -0.2) is 4.39 Å². The number of hydrogen-bond donors (Lipinski definition) is 2. The Hall–Kier alpha value is -2.82. The van der Waals surface area contributed by atoms with Crippen LogP contribution < -0.4 is 0 Å². The van der Waals surface area contributed by atoms with Gasteiger partial charge in [0.1, 0.15) is 28.5 Å². The molecule has 21 heavy (non-hydrogen) atoms. The topological polar surface area (TPSA) is 58.3 Å². The van der Waals surface area contributed by atoms with Gasteiger partial charge in [0.2, 0.25) is 0 Å². The van der Waals surface area contributed by atoms with Crippen LogP contribution in [0.5, 0.6) is 11.5 Å². The molecule has 0 aliphatic carbocycles. The summed E-state index contributed by atoms with van der Waals surface area (Å²) in [5.74, 6) is -0.534. The maximum absolute atomic E-state index is 14.1.